The smallest absolute Gasteiger partial charge is 0.253 e. The molecule has 1 atom stereocenters. The average molecular weight is 398 g/mol. The van der Waals surface area contributed by atoms with E-state index in [0.29, 0.717) is 22.1 Å². The number of hydrogen-bond acceptors (Lipinski definition) is 4. The van der Waals surface area contributed by atoms with E-state index in [4.69, 9.17) is 11.6 Å². The number of anilines is 1. The van der Waals surface area contributed by atoms with Gasteiger partial charge in [0.1, 0.15) is 6.04 Å². The van der Waals surface area contributed by atoms with E-state index in [1.807, 2.05) is 13.8 Å². The van der Waals surface area contributed by atoms with Crippen molar-refractivity contribution in [1.29, 1.82) is 0 Å². The van der Waals surface area contributed by atoms with Crippen LogP contribution < -0.4 is 10.6 Å². The Morgan fingerprint density at radius 1 is 1.07 bits per heavy atom. The summed E-state index contributed by atoms with van der Waals surface area (Å²) in [5.41, 5.74) is 0.815. The number of amides is 2. The topological polar surface area (TPSA) is 88.9 Å². The van der Waals surface area contributed by atoms with Crippen LogP contribution in [0.3, 0.4) is 0 Å². The maximum absolute atomic E-state index is 12.9. The summed E-state index contributed by atoms with van der Waals surface area (Å²) in [6.07, 6.45) is 4.98. The molecule has 8 heteroatoms. The Morgan fingerprint density at radius 2 is 1.86 bits per heavy atom. The van der Waals surface area contributed by atoms with Crippen molar-refractivity contribution in [2.75, 3.05) is 5.32 Å². The normalized spacial score (nSPS) is 11.9. The molecule has 1 unspecified atom stereocenters. The second-order valence-electron chi connectivity index (χ2n) is 6.49. The molecule has 2 heterocycles. The number of aromatic nitrogens is 3. The van der Waals surface area contributed by atoms with Crippen LogP contribution in [-0.4, -0.2) is 32.6 Å². The third kappa shape index (κ3) is 4.37. The van der Waals surface area contributed by atoms with Crippen molar-refractivity contribution in [1.82, 2.24) is 20.1 Å². The second kappa shape index (κ2) is 8.67. The first-order chi connectivity index (χ1) is 13.5. The number of hydrogen-bond donors (Lipinski definition) is 2. The van der Waals surface area contributed by atoms with Gasteiger partial charge in [-0.05, 0) is 36.2 Å². The van der Waals surface area contributed by atoms with Crippen LogP contribution in [0.2, 0.25) is 5.02 Å². The maximum Gasteiger partial charge on any atom is 0.253 e. The number of halogens is 1. The third-order valence-corrected chi connectivity index (χ3v) is 4.45. The molecule has 0 aliphatic rings. The first-order valence-electron chi connectivity index (χ1n) is 8.78. The van der Waals surface area contributed by atoms with Gasteiger partial charge in [0.25, 0.3) is 5.91 Å². The highest BCUT2D eigenvalue weighted by Gasteiger charge is 2.26. The summed E-state index contributed by atoms with van der Waals surface area (Å²) in [4.78, 5) is 29.8. The molecule has 0 aliphatic heterocycles. The number of carbonyl (C=O) groups is 2. The molecule has 0 bridgehead atoms. The molecule has 3 aromatic rings. The van der Waals surface area contributed by atoms with Gasteiger partial charge >= 0.3 is 0 Å². The number of rotatable bonds is 6. The van der Waals surface area contributed by atoms with Crippen LogP contribution in [-0.2, 0) is 4.79 Å². The fourth-order valence-corrected chi connectivity index (χ4v) is 2.90. The van der Waals surface area contributed by atoms with Crippen molar-refractivity contribution >= 4 is 29.1 Å². The Labute approximate surface area is 167 Å². The molecule has 0 saturated heterocycles. The van der Waals surface area contributed by atoms with E-state index in [0.717, 1.165) is 0 Å². The lowest BCUT2D eigenvalue weighted by Crippen LogP contribution is -2.47. The predicted molar refractivity (Wildman–Crippen MR) is 108 cm³/mol. The van der Waals surface area contributed by atoms with Crippen LogP contribution in [0.25, 0.3) is 5.82 Å². The van der Waals surface area contributed by atoms with Crippen LogP contribution in [0.1, 0.15) is 24.2 Å². The fraction of sp³-hybridized carbons (Fsp3) is 0.200. The third-order valence-electron chi connectivity index (χ3n) is 4.12. The summed E-state index contributed by atoms with van der Waals surface area (Å²) in [5, 5.41) is 10.1. The number of benzene rings is 1. The highest BCUT2D eigenvalue weighted by molar-refractivity contribution is 6.33. The molecule has 1 aromatic carbocycles. The van der Waals surface area contributed by atoms with Crippen molar-refractivity contribution in [3.63, 3.8) is 0 Å². The Morgan fingerprint density at radius 3 is 2.54 bits per heavy atom. The van der Waals surface area contributed by atoms with Crippen LogP contribution in [0.15, 0.2) is 61.1 Å². The van der Waals surface area contributed by atoms with E-state index in [1.165, 1.54) is 0 Å². The molecule has 2 amide bonds. The molecule has 28 heavy (non-hydrogen) atoms. The van der Waals surface area contributed by atoms with E-state index < -0.39 is 11.9 Å². The van der Waals surface area contributed by atoms with E-state index in [2.05, 4.69) is 20.7 Å². The minimum Gasteiger partial charge on any atom is -0.340 e. The van der Waals surface area contributed by atoms with Crippen LogP contribution in [0.5, 0.6) is 0 Å². The van der Waals surface area contributed by atoms with Crippen LogP contribution in [0.4, 0.5) is 5.69 Å². The highest BCUT2D eigenvalue weighted by atomic mass is 35.5. The molecule has 0 aliphatic carbocycles. The number of carbonyl (C=O) groups excluding carboxylic acids is 2. The minimum atomic E-state index is -0.755. The van der Waals surface area contributed by atoms with Crippen molar-refractivity contribution in [2.45, 2.75) is 19.9 Å². The lowest BCUT2D eigenvalue weighted by molar-refractivity contribution is -0.118. The number of pyridine rings is 1. The van der Waals surface area contributed by atoms with Gasteiger partial charge in [-0.25, -0.2) is 9.67 Å². The van der Waals surface area contributed by atoms with E-state index in [9.17, 15) is 9.59 Å². The van der Waals surface area contributed by atoms with Gasteiger partial charge in [-0.2, -0.15) is 5.10 Å². The molecule has 144 valence electrons. The quantitative estimate of drug-likeness (QED) is 0.667. The lowest BCUT2D eigenvalue weighted by atomic mass is 10.0. The van der Waals surface area contributed by atoms with Crippen LogP contribution in [0, 0.1) is 5.92 Å². The van der Waals surface area contributed by atoms with Crippen LogP contribution >= 0.6 is 11.6 Å². The van der Waals surface area contributed by atoms with Gasteiger partial charge in [0.2, 0.25) is 5.91 Å². The SMILES string of the molecule is CC(C)C(NC(=O)c1ccccc1Cl)C(=O)Nc1cccnc1-n1cccn1. The molecular weight excluding hydrogens is 378 g/mol. The zero-order valence-electron chi connectivity index (χ0n) is 15.5. The van der Waals surface area contributed by atoms with Crippen molar-refractivity contribution in [3.05, 3.63) is 71.6 Å². The lowest BCUT2D eigenvalue weighted by Gasteiger charge is -2.22. The summed E-state index contributed by atoms with van der Waals surface area (Å²) >= 11 is 6.09. The highest BCUT2D eigenvalue weighted by Crippen LogP contribution is 2.19. The molecular formula is C20H20ClN5O2. The maximum atomic E-state index is 12.9. The average Bonchev–Trinajstić information content (AvgIpc) is 3.21. The first-order valence-corrected chi connectivity index (χ1v) is 9.16. The fourth-order valence-electron chi connectivity index (χ4n) is 2.68. The van der Waals surface area contributed by atoms with Gasteiger partial charge in [0.05, 0.1) is 16.3 Å². The second-order valence-corrected chi connectivity index (χ2v) is 6.90. The zero-order valence-corrected chi connectivity index (χ0v) is 16.2. The van der Waals surface area contributed by atoms with Crippen molar-refractivity contribution in [2.24, 2.45) is 5.92 Å². The van der Waals surface area contributed by atoms with Crippen molar-refractivity contribution in [3.8, 4) is 5.82 Å². The van der Waals surface area contributed by atoms with E-state index in [1.54, 1.807) is 65.7 Å². The molecule has 3 rings (SSSR count). The summed E-state index contributed by atoms with van der Waals surface area (Å²) in [7, 11) is 0. The molecule has 7 nitrogen and oxygen atoms in total. The Bertz CT molecular complexity index is 972. The van der Waals surface area contributed by atoms with Gasteiger partial charge < -0.3 is 10.6 Å². The molecule has 0 radical (unpaired) electrons. The van der Waals surface area contributed by atoms with E-state index in [-0.39, 0.29) is 11.8 Å². The monoisotopic (exact) mass is 397 g/mol. The molecule has 2 N–H and O–H groups in total. The standard InChI is InChI=1S/C20H20ClN5O2/c1-13(2)17(25-19(27)14-7-3-4-8-15(14)21)20(28)24-16-9-5-10-22-18(16)26-12-6-11-23-26/h3-13,17H,1-2H3,(H,24,28)(H,25,27). The number of nitrogens with one attached hydrogen (secondary N) is 2. The Kier molecular flexibility index (Phi) is 6.06. The summed E-state index contributed by atoms with van der Waals surface area (Å²) < 4.78 is 1.56. The summed E-state index contributed by atoms with van der Waals surface area (Å²) in [6.45, 7) is 3.71. The molecule has 0 fully saturated rings. The van der Waals surface area contributed by atoms with Gasteiger partial charge in [0, 0.05) is 18.6 Å². The van der Waals surface area contributed by atoms with Gasteiger partial charge in [-0.1, -0.05) is 37.6 Å². The first kappa shape index (κ1) is 19.6. The predicted octanol–water partition coefficient (Wildman–Crippen LogP) is 3.31. The molecule has 0 spiro atoms. The number of nitrogens with zero attached hydrogens (tertiary/aromatic N) is 3. The van der Waals surface area contributed by atoms with E-state index >= 15 is 0 Å². The molecule has 0 saturated carbocycles. The van der Waals surface area contributed by atoms with Gasteiger partial charge in [-0.3, -0.25) is 9.59 Å². The Balaban J connectivity index is 1.80. The summed E-state index contributed by atoms with van der Waals surface area (Å²) in [6, 6.07) is 11.2. The Hall–Kier alpha value is -3.19. The van der Waals surface area contributed by atoms with Crippen molar-refractivity contribution < 1.29 is 9.59 Å². The minimum absolute atomic E-state index is 0.142. The van der Waals surface area contributed by atoms with Gasteiger partial charge in [0.15, 0.2) is 5.82 Å². The summed E-state index contributed by atoms with van der Waals surface area (Å²) in [5.74, 6) is -0.410. The van der Waals surface area contributed by atoms with Gasteiger partial charge in [-0.15, -0.1) is 0 Å². The zero-order chi connectivity index (χ0) is 20.1. The largest absolute Gasteiger partial charge is 0.340 e. The molecule has 2 aromatic heterocycles.